The van der Waals surface area contributed by atoms with Gasteiger partial charge in [0.25, 0.3) is 5.91 Å². The SMILES string of the molecule is O=C1CCC(N2Cc3cc(SC4CN(C(c5ccc(F)cc5)c5ccc(F)cc5)C4)ccc3C2=O)C(=O)N1. The predicted octanol–water partition coefficient (Wildman–Crippen LogP) is 4.29. The molecule has 3 amide bonds. The molecule has 3 aromatic carbocycles. The second kappa shape index (κ2) is 9.96. The first kappa shape index (κ1) is 24.8. The Kier molecular flexibility index (Phi) is 6.49. The van der Waals surface area contributed by atoms with Gasteiger partial charge >= 0.3 is 0 Å². The van der Waals surface area contributed by atoms with Crippen molar-refractivity contribution in [2.24, 2.45) is 0 Å². The Balaban J connectivity index is 1.13. The Morgan fingerprint density at radius 2 is 1.50 bits per heavy atom. The van der Waals surface area contributed by atoms with Crippen LogP contribution in [0, 0.1) is 11.6 Å². The molecule has 3 heterocycles. The van der Waals surface area contributed by atoms with E-state index in [1.807, 2.05) is 18.2 Å². The number of nitrogens with one attached hydrogen (secondary N) is 1. The van der Waals surface area contributed by atoms with Gasteiger partial charge in [-0.05, 0) is 65.6 Å². The minimum Gasteiger partial charge on any atom is -0.322 e. The molecule has 1 N–H and O–H groups in total. The number of fused-ring (bicyclic) bond motifs is 1. The molecule has 0 aliphatic carbocycles. The summed E-state index contributed by atoms with van der Waals surface area (Å²) in [5.41, 5.74) is 3.38. The normalized spacial score (nSPS) is 20.0. The summed E-state index contributed by atoms with van der Waals surface area (Å²) in [7, 11) is 0. The average molecular weight is 534 g/mol. The van der Waals surface area contributed by atoms with Crippen molar-refractivity contribution in [1.29, 1.82) is 0 Å². The summed E-state index contributed by atoms with van der Waals surface area (Å²) in [4.78, 5) is 41.6. The fraction of sp³-hybridized carbons (Fsp3) is 0.276. The Hall–Kier alpha value is -3.56. The molecule has 6 rings (SSSR count). The predicted molar refractivity (Wildman–Crippen MR) is 138 cm³/mol. The third kappa shape index (κ3) is 4.72. The quantitative estimate of drug-likeness (QED) is 0.479. The number of rotatable bonds is 6. The van der Waals surface area contributed by atoms with E-state index in [0.717, 1.165) is 34.7 Å². The molecule has 0 bridgehead atoms. The number of likely N-dealkylation sites (tertiary alicyclic amines) is 1. The van der Waals surface area contributed by atoms with Crippen LogP contribution in [-0.4, -0.2) is 51.9 Å². The van der Waals surface area contributed by atoms with E-state index in [-0.39, 0.29) is 35.9 Å². The highest BCUT2D eigenvalue weighted by molar-refractivity contribution is 8.00. The molecule has 6 nitrogen and oxygen atoms in total. The van der Waals surface area contributed by atoms with Crippen molar-refractivity contribution in [2.75, 3.05) is 13.1 Å². The smallest absolute Gasteiger partial charge is 0.255 e. The van der Waals surface area contributed by atoms with Gasteiger partial charge in [-0.1, -0.05) is 24.3 Å². The van der Waals surface area contributed by atoms with Crippen molar-refractivity contribution in [3.8, 4) is 0 Å². The third-order valence-corrected chi connectivity index (χ3v) is 8.57. The molecule has 2 saturated heterocycles. The third-order valence-electron chi connectivity index (χ3n) is 7.41. The van der Waals surface area contributed by atoms with Gasteiger partial charge in [0.05, 0.1) is 6.04 Å². The highest BCUT2D eigenvalue weighted by Crippen LogP contribution is 2.39. The van der Waals surface area contributed by atoms with E-state index in [1.54, 1.807) is 40.9 Å². The van der Waals surface area contributed by atoms with Crippen LogP contribution in [0.15, 0.2) is 71.6 Å². The fourth-order valence-corrected chi connectivity index (χ4v) is 6.75. The number of imide groups is 1. The first-order valence-corrected chi connectivity index (χ1v) is 13.4. The molecule has 0 spiro atoms. The average Bonchev–Trinajstić information content (AvgIpc) is 3.20. The van der Waals surface area contributed by atoms with Crippen LogP contribution >= 0.6 is 11.8 Å². The van der Waals surface area contributed by atoms with Gasteiger partial charge < -0.3 is 4.90 Å². The van der Waals surface area contributed by atoms with Crippen LogP contribution in [0.2, 0.25) is 0 Å². The van der Waals surface area contributed by atoms with Crippen LogP contribution < -0.4 is 5.32 Å². The zero-order valence-electron chi connectivity index (χ0n) is 20.4. The second-order valence-corrected chi connectivity index (χ2v) is 11.3. The van der Waals surface area contributed by atoms with Gasteiger partial charge in [0.1, 0.15) is 17.7 Å². The first-order chi connectivity index (χ1) is 18.4. The van der Waals surface area contributed by atoms with E-state index in [2.05, 4.69) is 10.2 Å². The van der Waals surface area contributed by atoms with Gasteiger partial charge in [-0.25, -0.2) is 8.78 Å². The molecule has 0 aromatic heterocycles. The van der Waals surface area contributed by atoms with Crippen LogP contribution in [0.1, 0.15) is 45.9 Å². The maximum absolute atomic E-state index is 13.6. The number of hydrogen-bond donors (Lipinski definition) is 1. The van der Waals surface area contributed by atoms with Gasteiger partial charge in [0, 0.05) is 41.8 Å². The van der Waals surface area contributed by atoms with Crippen LogP contribution in [0.3, 0.4) is 0 Å². The fourth-order valence-electron chi connectivity index (χ4n) is 5.48. The molecule has 2 fully saturated rings. The summed E-state index contributed by atoms with van der Waals surface area (Å²) in [5, 5.41) is 2.65. The molecule has 0 radical (unpaired) electrons. The lowest BCUT2D eigenvalue weighted by Crippen LogP contribution is -2.52. The summed E-state index contributed by atoms with van der Waals surface area (Å²) >= 11 is 1.74. The van der Waals surface area contributed by atoms with Crippen molar-refractivity contribution in [3.63, 3.8) is 0 Å². The topological polar surface area (TPSA) is 69.7 Å². The molecular formula is C29H25F2N3O3S. The zero-order chi connectivity index (χ0) is 26.4. The first-order valence-electron chi connectivity index (χ1n) is 12.5. The van der Waals surface area contributed by atoms with Gasteiger partial charge in [-0.15, -0.1) is 11.8 Å². The van der Waals surface area contributed by atoms with Crippen LogP contribution in [0.5, 0.6) is 0 Å². The Bertz CT molecular complexity index is 1360. The molecule has 3 aromatic rings. The number of thioether (sulfide) groups is 1. The molecular weight excluding hydrogens is 508 g/mol. The van der Waals surface area contributed by atoms with Gasteiger partial charge in [-0.3, -0.25) is 24.6 Å². The number of halogens is 2. The number of piperidine rings is 1. The number of carbonyl (C=O) groups is 3. The summed E-state index contributed by atoms with van der Waals surface area (Å²) in [5.74, 6) is -1.49. The summed E-state index contributed by atoms with van der Waals surface area (Å²) in [6, 6.07) is 17.9. The standard InChI is InChI=1S/C29H25F2N3O3S/c30-20-5-1-17(2-6-20)27(18-3-7-21(31)8-4-18)33-15-23(16-33)38-22-9-10-24-19(13-22)14-34(29(24)37)25-11-12-26(35)32-28(25)36/h1-10,13,23,25,27H,11-12,14-16H2,(H,32,35,36). The van der Waals surface area contributed by atoms with Gasteiger partial charge in [0.2, 0.25) is 11.8 Å². The van der Waals surface area contributed by atoms with Crippen molar-refractivity contribution in [1.82, 2.24) is 15.1 Å². The van der Waals surface area contributed by atoms with E-state index in [0.29, 0.717) is 23.8 Å². The summed E-state index contributed by atoms with van der Waals surface area (Å²) in [6.45, 7) is 1.94. The Labute approximate surface area is 223 Å². The van der Waals surface area contributed by atoms with Crippen molar-refractivity contribution in [2.45, 2.75) is 41.6 Å². The van der Waals surface area contributed by atoms with Crippen LogP contribution in [0.25, 0.3) is 0 Å². The molecule has 1 atom stereocenters. The molecule has 0 saturated carbocycles. The van der Waals surface area contributed by atoms with Gasteiger partial charge in [0.15, 0.2) is 0 Å². The van der Waals surface area contributed by atoms with Crippen molar-refractivity contribution in [3.05, 3.63) is 101 Å². The lowest BCUT2D eigenvalue weighted by Gasteiger charge is -2.44. The van der Waals surface area contributed by atoms with Crippen LogP contribution in [-0.2, 0) is 16.1 Å². The maximum Gasteiger partial charge on any atom is 0.255 e. The minimum absolute atomic E-state index is 0.104. The van der Waals surface area contributed by atoms with Crippen molar-refractivity contribution < 1.29 is 23.2 Å². The number of nitrogens with zero attached hydrogens (tertiary/aromatic N) is 2. The zero-order valence-corrected chi connectivity index (χ0v) is 21.2. The Morgan fingerprint density at radius 1 is 0.868 bits per heavy atom. The monoisotopic (exact) mass is 533 g/mol. The van der Waals surface area contributed by atoms with E-state index in [1.165, 1.54) is 24.3 Å². The van der Waals surface area contributed by atoms with E-state index in [9.17, 15) is 23.2 Å². The number of hydrogen-bond acceptors (Lipinski definition) is 5. The highest BCUT2D eigenvalue weighted by atomic mass is 32.2. The summed E-state index contributed by atoms with van der Waals surface area (Å²) in [6.07, 6.45) is 0.569. The molecule has 194 valence electrons. The van der Waals surface area contributed by atoms with E-state index < -0.39 is 11.9 Å². The van der Waals surface area contributed by atoms with E-state index in [4.69, 9.17) is 0 Å². The minimum atomic E-state index is -0.626. The molecule has 3 aliphatic heterocycles. The maximum atomic E-state index is 13.6. The second-order valence-electron chi connectivity index (χ2n) is 9.92. The van der Waals surface area contributed by atoms with Crippen molar-refractivity contribution >= 4 is 29.5 Å². The van der Waals surface area contributed by atoms with E-state index >= 15 is 0 Å². The number of benzene rings is 3. The van der Waals surface area contributed by atoms with Crippen LogP contribution in [0.4, 0.5) is 8.78 Å². The van der Waals surface area contributed by atoms with Gasteiger partial charge in [-0.2, -0.15) is 0 Å². The lowest BCUT2D eigenvalue weighted by molar-refractivity contribution is -0.136. The Morgan fingerprint density at radius 3 is 2.11 bits per heavy atom. The molecule has 38 heavy (non-hydrogen) atoms. The molecule has 3 aliphatic rings. The lowest BCUT2D eigenvalue weighted by atomic mass is 9.94. The number of amides is 3. The summed E-state index contributed by atoms with van der Waals surface area (Å²) < 4.78 is 27.1. The molecule has 9 heteroatoms. The largest absolute Gasteiger partial charge is 0.322 e. The number of carbonyl (C=O) groups excluding carboxylic acids is 3. The highest BCUT2D eigenvalue weighted by Gasteiger charge is 2.39. The molecule has 1 unspecified atom stereocenters.